The lowest BCUT2D eigenvalue weighted by Crippen LogP contribution is -2.48. The quantitative estimate of drug-likeness (QED) is 0.762. The molecule has 0 spiro atoms. The zero-order chi connectivity index (χ0) is 19.4. The maximum atomic E-state index is 13.2. The summed E-state index contributed by atoms with van der Waals surface area (Å²) in [6, 6.07) is 13.9. The molecule has 0 aliphatic carbocycles. The predicted molar refractivity (Wildman–Crippen MR) is 108 cm³/mol. The number of piperazine rings is 1. The van der Waals surface area contributed by atoms with E-state index in [2.05, 4.69) is 17.0 Å². The van der Waals surface area contributed by atoms with Crippen molar-refractivity contribution in [1.29, 1.82) is 0 Å². The molecule has 0 N–H and O–H groups in total. The van der Waals surface area contributed by atoms with Gasteiger partial charge in [-0.1, -0.05) is 30.3 Å². The first-order valence-electron chi connectivity index (χ1n) is 9.42. The van der Waals surface area contributed by atoms with Crippen LogP contribution in [0.1, 0.15) is 23.6 Å². The van der Waals surface area contributed by atoms with Crippen molar-refractivity contribution in [3.05, 3.63) is 59.2 Å². The molecule has 0 radical (unpaired) electrons. The Kier molecular flexibility index (Phi) is 6.19. The summed E-state index contributed by atoms with van der Waals surface area (Å²) in [5, 5.41) is 0. The molecule has 2 aromatic rings. The third kappa shape index (κ3) is 4.51. The van der Waals surface area contributed by atoms with E-state index < -0.39 is 10.0 Å². The summed E-state index contributed by atoms with van der Waals surface area (Å²) in [6.07, 6.45) is 0. The van der Waals surface area contributed by atoms with Gasteiger partial charge in [0, 0.05) is 32.7 Å². The van der Waals surface area contributed by atoms with Crippen molar-refractivity contribution in [2.75, 3.05) is 32.8 Å². The minimum absolute atomic E-state index is 0.281. The topological polar surface area (TPSA) is 49.9 Å². The average molecular weight is 389 g/mol. The van der Waals surface area contributed by atoms with E-state index in [1.165, 1.54) is 5.56 Å². The van der Waals surface area contributed by atoms with Crippen LogP contribution in [0.2, 0.25) is 0 Å². The van der Waals surface area contributed by atoms with Gasteiger partial charge in [-0.3, -0.25) is 4.90 Å². The molecule has 3 rings (SSSR count). The summed E-state index contributed by atoms with van der Waals surface area (Å²) in [5.74, 6) is 0.451. The van der Waals surface area contributed by atoms with Crippen LogP contribution in [0.4, 0.5) is 0 Å². The monoisotopic (exact) mass is 388 g/mol. The van der Waals surface area contributed by atoms with Gasteiger partial charge in [0.05, 0.1) is 6.61 Å². The number of hydrogen-bond acceptors (Lipinski definition) is 4. The van der Waals surface area contributed by atoms with E-state index in [4.69, 9.17) is 4.74 Å². The van der Waals surface area contributed by atoms with Crippen LogP contribution in [-0.4, -0.2) is 50.4 Å². The molecule has 27 heavy (non-hydrogen) atoms. The van der Waals surface area contributed by atoms with E-state index in [9.17, 15) is 8.42 Å². The highest BCUT2D eigenvalue weighted by atomic mass is 32.2. The summed E-state index contributed by atoms with van der Waals surface area (Å²) in [7, 11) is -3.57. The van der Waals surface area contributed by atoms with Gasteiger partial charge in [0.15, 0.2) is 0 Å². The number of hydrogen-bond donors (Lipinski definition) is 0. The van der Waals surface area contributed by atoms with Crippen LogP contribution >= 0.6 is 0 Å². The Labute approximate surface area is 162 Å². The molecule has 0 saturated carbocycles. The third-order valence-electron chi connectivity index (χ3n) is 5.06. The lowest BCUT2D eigenvalue weighted by Gasteiger charge is -2.34. The summed E-state index contributed by atoms with van der Waals surface area (Å²) in [5.41, 5.74) is 3.24. The summed E-state index contributed by atoms with van der Waals surface area (Å²) < 4.78 is 33.7. The molecule has 2 aromatic carbocycles. The van der Waals surface area contributed by atoms with E-state index in [0.717, 1.165) is 30.8 Å². The van der Waals surface area contributed by atoms with E-state index in [-0.39, 0.29) is 4.90 Å². The fourth-order valence-corrected chi connectivity index (χ4v) is 4.96. The van der Waals surface area contributed by atoms with Crippen molar-refractivity contribution < 1.29 is 13.2 Å². The van der Waals surface area contributed by atoms with E-state index in [1.807, 2.05) is 45.0 Å². The number of nitrogens with zero attached hydrogens (tertiary/aromatic N) is 2. The third-order valence-corrected chi connectivity index (χ3v) is 6.98. The fourth-order valence-electron chi connectivity index (χ4n) is 3.34. The fraction of sp³-hybridized carbons (Fsp3) is 0.429. The van der Waals surface area contributed by atoms with Gasteiger partial charge < -0.3 is 4.74 Å². The Morgan fingerprint density at radius 2 is 1.59 bits per heavy atom. The van der Waals surface area contributed by atoms with Crippen LogP contribution in [-0.2, 0) is 16.6 Å². The molecule has 1 heterocycles. The Morgan fingerprint density at radius 1 is 0.963 bits per heavy atom. The minimum atomic E-state index is -3.57. The SMILES string of the molecule is CCOc1cc(C)c(C)cc1S(=O)(=O)N1CCN(Cc2ccccc2)CC1. The Morgan fingerprint density at radius 3 is 2.22 bits per heavy atom. The summed E-state index contributed by atoms with van der Waals surface area (Å²) in [4.78, 5) is 2.58. The molecule has 1 saturated heterocycles. The second kappa shape index (κ2) is 8.42. The molecule has 6 heteroatoms. The smallest absolute Gasteiger partial charge is 0.246 e. The molecule has 1 aliphatic heterocycles. The predicted octanol–water partition coefficient (Wildman–Crippen LogP) is 3.21. The number of rotatable bonds is 6. The van der Waals surface area contributed by atoms with Crippen LogP contribution < -0.4 is 4.74 Å². The van der Waals surface area contributed by atoms with Gasteiger partial charge in [-0.05, 0) is 49.6 Å². The van der Waals surface area contributed by atoms with Crippen LogP contribution in [0.15, 0.2) is 47.4 Å². The lowest BCUT2D eigenvalue weighted by molar-refractivity contribution is 0.181. The van der Waals surface area contributed by atoms with Gasteiger partial charge in [0.1, 0.15) is 10.6 Å². The van der Waals surface area contributed by atoms with Crippen molar-refractivity contribution in [1.82, 2.24) is 9.21 Å². The molecule has 1 fully saturated rings. The molecule has 0 bridgehead atoms. The van der Waals surface area contributed by atoms with Gasteiger partial charge in [-0.2, -0.15) is 4.31 Å². The van der Waals surface area contributed by atoms with Crippen molar-refractivity contribution in [3.63, 3.8) is 0 Å². The number of sulfonamides is 1. The molecular formula is C21H28N2O3S. The van der Waals surface area contributed by atoms with Crippen LogP contribution in [0.5, 0.6) is 5.75 Å². The lowest BCUT2D eigenvalue weighted by atomic mass is 10.1. The standard InChI is InChI=1S/C21H28N2O3S/c1-4-26-20-14-17(2)18(3)15-21(20)27(24,25)23-12-10-22(11-13-23)16-19-8-6-5-7-9-19/h5-9,14-15H,4,10-13,16H2,1-3H3. The zero-order valence-corrected chi connectivity index (χ0v) is 17.1. The summed E-state index contributed by atoms with van der Waals surface area (Å²) >= 11 is 0. The molecule has 0 unspecified atom stereocenters. The maximum Gasteiger partial charge on any atom is 0.246 e. The molecular weight excluding hydrogens is 360 g/mol. The van der Waals surface area contributed by atoms with Gasteiger partial charge in [0.2, 0.25) is 10.0 Å². The second-order valence-electron chi connectivity index (χ2n) is 6.98. The largest absolute Gasteiger partial charge is 0.492 e. The highest BCUT2D eigenvalue weighted by Crippen LogP contribution is 2.30. The molecule has 0 aromatic heterocycles. The van der Waals surface area contributed by atoms with Crippen LogP contribution in [0.25, 0.3) is 0 Å². The van der Waals surface area contributed by atoms with Crippen LogP contribution in [0, 0.1) is 13.8 Å². The highest BCUT2D eigenvalue weighted by molar-refractivity contribution is 7.89. The minimum Gasteiger partial charge on any atom is -0.492 e. The molecule has 0 amide bonds. The number of benzene rings is 2. The molecule has 0 atom stereocenters. The molecule has 5 nitrogen and oxygen atoms in total. The maximum absolute atomic E-state index is 13.2. The summed E-state index contributed by atoms with van der Waals surface area (Å²) in [6.45, 7) is 9.50. The first-order chi connectivity index (χ1) is 12.9. The van der Waals surface area contributed by atoms with Crippen molar-refractivity contribution in [2.24, 2.45) is 0 Å². The average Bonchev–Trinajstić information content (AvgIpc) is 2.66. The highest BCUT2D eigenvalue weighted by Gasteiger charge is 2.31. The van der Waals surface area contributed by atoms with Gasteiger partial charge in [-0.15, -0.1) is 0 Å². The van der Waals surface area contributed by atoms with E-state index in [1.54, 1.807) is 10.4 Å². The van der Waals surface area contributed by atoms with E-state index >= 15 is 0 Å². The van der Waals surface area contributed by atoms with Crippen LogP contribution in [0.3, 0.4) is 0 Å². The number of ether oxygens (including phenoxy) is 1. The van der Waals surface area contributed by atoms with Crippen molar-refractivity contribution >= 4 is 10.0 Å². The van der Waals surface area contributed by atoms with Gasteiger partial charge in [-0.25, -0.2) is 8.42 Å². The number of aryl methyl sites for hydroxylation is 2. The van der Waals surface area contributed by atoms with Crippen molar-refractivity contribution in [2.45, 2.75) is 32.2 Å². The first-order valence-corrected chi connectivity index (χ1v) is 10.9. The Balaban J connectivity index is 1.74. The van der Waals surface area contributed by atoms with E-state index in [0.29, 0.717) is 25.4 Å². The van der Waals surface area contributed by atoms with Crippen molar-refractivity contribution in [3.8, 4) is 5.75 Å². The normalized spacial score (nSPS) is 16.4. The zero-order valence-electron chi connectivity index (χ0n) is 16.3. The second-order valence-corrected chi connectivity index (χ2v) is 8.89. The van der Waals surface area contributed by atoms with Gasteiger partial charge in [0.25, 0.3) is 0 Å². The Bertz CT molecular complexity index is 874. The first kappa shape index (κ1) is 19.9. The Hall–Kier alpha value is -1.89. The molecule has 146 valence electrons. The molecule has 1 aliphatic rings. The van der Waals surface area contributed by atoms with Gasteiger partial charge >= 0.3 is 0 Å².